The van der Waals surface area contributed by atoms with Crippen LogP contribution in [0, 0.1) is 6.92 Å². The number of aryl methyl sites for hydroxylation is 1. The molecule has 1 saturated heterocycles. The number of likely N-dealkylation sites (tertiary alicyclic amines) is 1. The van der Waals surface area contributed by atoms with E-state index in [1.807, 2.05) is 19.1 Å². The van der Waals surface area contributed by atoms with Gasteiger partial charge in [-0.05, 0) is 44.0 Å². The summed E-state index contributed by atoms with van der Waals surface area (Å²) in [5.74, 6) is 1.37. The van der Waals surface area contributed by atoms with Crippen molar-refractivity contribution in [3.63, 3.8) is 0 Å². The summed E-state index contributed by atoms with van der Waals surface area (Å²) < 4.78 is 0. The summed E-state index contributed by atoms with van der Waals surface area (Å²) in [6, 6.07) is 7.49. The number of aromatic nitrogens is 3. The first-order valence-corrected chi connectivity index (χ1v) is 9.38. The molecule has 2 aromatic rings. The van der Waals surface area contributed by atoms with Gasteiger partial charge in [-0.15, -0.1) is 5.10 Å². The standard InChI is InChI=1S/C17H23N5O2S/c1-12-18-17(21-20-12)25-11-16(24)19-14-5-3-7-22(10-14)9-13-4-2-6-15(23)8-13/h2,4,6,8,14,23H,3,5,7,9-11H2,1H3,(H,19,24)(H,18,20,21). The molecule has 8 heteroatoms. The fourth-order valence-electron chi connectivity index (χ4n) is 3.02. The summed E-state index contributed by atoms with van der Waals surface area (Å²) in [6.45, 7) is 4.45. The predicted octanol–water partition coefficient (Wildman–Crippen LogP) is 1.69. The predicted molar refractivity (Wildman–Crippen MR) is 96.4 cm³/mol. The van der Waals surface area contributed by atoms with Crippen molar-refractivity contribution >= 4 is 17.7 Å². The number of hydrogen-bond donors (Lipinski definition) is 3. The molecule has 2 heterocycles. The number of amides is 1. The number of aromatic hydroxyl groups is 1. The molecule has 0 bridgehead atoms. The molecule has 1 amide bonds. The van der Waals surface area contributed by atoms with Gasteiger partial charge < -0.3 is 10.4 Å². The largest absolute Gasteiger partial charge is 0.508 e. The monoisotopic (exact) mass is 361 g/mol. The minimum absolute atomic E-state index is 0.0108. The van der Waals surface area contributed by atoms with Crippen molar-refractivity contribution in [1.82, 2.24) is 25.4 Å². The van der Waals surface area contributed by atoms with E-state index < -0.39 is 0 Å². The normalized spacial score (nSPS) is 18.2. The Labute approximate surface area is 151 Å². The zero-order chi connectivity index (χ0) is 17.6. The highest BCUT2D eigenvalue weighted by Crippen LogP contribution is 2.17. The van der Waals surface area contributed by atoms with Crippen LogP contribution in [0.25, 0.3) is 0 Å². The number of carbonyl (C=O) groups is 1. The summed E-state index contributed by atoms with van der Waals surface area (Å²) in [5, 5.41) is 20.1. The van der Waals surface area contributed by atoms with Crippen LogP contribution >= 0.6 is 11.8 Å². The first-order valence-electron chi connectivity index (χ1n) is 8.40. The molecule has 1 aromatic heterocycles. The van der Waals surface area contributed by atoms with E-state index in [2.05, 4.69) is 25.4 Å². The van der Waals surface area contributed by atoms with E-state index in [1.54, 1.807) is 12.1 Å². The molecular formula is C17H23N5O2S. The second-order valence-corrected chi connectivity index (χ2v) is 7.25. The SMILES string of the molecule is Cc1nc(SCC(=O)NC2CCCN(Cc3cccc(O)c3)C2)n[nH]1. The Morgan fingerprint density at radius 1 is 1.52 bits per heavy atom. The average molecular weight is 361 g/mol. The van der Waals surface area contributed by atoms with Crippen molar-refractivity contribution in [3.05, 3.63) is 35.7 Å². The van der Waals surface area contributed by atoms with Gasteiger partial charge >= 0.3 is 0 Å². The molecule has 0 spiro atoms. The average Bonchev–Trinajstić information content (AvgIpc) is 2.99. The Kier molecular flexibility index (Phi) is 5.93. The molecule has 3 rings (SSSR count). The van der Waals surface area contributed by atoms with Gasteiger partial charge in [-0.1, -0.05) is 23.9 Å². The summed E-state index contributed by atoms with van der Waals surface area (Å²) >= 11 is 1.34. The number of phenolic OH excluding ortho intramolecular Hbond substituents is 1. The fraction of sp³-hybridized carbons (Fsp3) is 0.471. The third-order valence-electron chi connectivity index (χ3n) is 4.10. The highest BCUT2D eigenvalue weighted by molar-refractivity contribution is 7.99. The van der Waals surface area contributed by atoms with Crippen molar-refractivity contribution in [1.29, 1.82) is 0 Å². The number of hydrogen-bond acceptors (Lipinski definition) is 6. The number of carbonyl (C=O) groups excluding carboxylic acids is 1. The lowest BCUT2D eigenvalue weighted by molar-refractivity contribution is -0.119. The first kappa shape index (κ1) is 17.8. The molecule has 1 unspecified atom stereocenters. The molecule has 1 aliphatic rings. The van der Waals surface area contributed by atoms with Crippen molar-refractivity contribution in [2.24, 2.45) is 0 Å². The van der Waals surface area contributed by atoms with Crippen LogP contribution in [0.2, 0.25) is 0 Å². The summed E-state index contributed by atoms with van der Waals surface area (Å²) in [6.07, 6.45) is 2.05. The molecular weight excluding hydrogens is 338 g/mol. The topological polar surface area (TPSA) is 94.1 Å². The zero-order valence-corrected chi connectivity index (χ0v) is 15.1. The van der Waals surface area contributed by atoms with Crippen molar-refractivity contribution in [3.8, 4) is 5.75 Å². The number of aromatic amines is 1. The van der Waals surface area contributed by atoms with Crippen molar-refractivity contribution in [2.45, 2.75) is 37.5 Å². The van der Waals surface area contributed by atoms with Crippen LogP contribution in [0.5, 0.6) is 5.75 Å². The Balaban J connectivity index is 1.45. The first-order chi connectivity index (χ1) is 12.1. The Hall–Kier alpha value is -2.06. The molecule has 7 nitrogen and oxygen atoms in total. The number of phenols is 1. The minimum atomic E-state index is 0.0108. The molecule has 25 heavy (non-hydrogen) atoms. The molecule has 1 aromatic carbocycles. The highest BCUT2D eigenvalue weighted by Gasteiger charge is 2.21. The summed E-state index contributed by atoms with van der Waals surface area (Å²) in [7, 11) is 0. The molecule has 1 aliphatic heterocycles. The van der Waals surface area contributed by atoms with Crippen LogP contribution in [0.4, 0.5) is 0 Å². The second kappa shape index (κ2) is 8.35. The quantitative estimate of drug-likeness (QED) is 0.678. The third kappa shape index (κ3) is 5.47. The lowest BCUT2D eigenvalue weighted by Crippen LogP contribution is -2.47. The number of nitrogens with zero attached hydrogens (tertiary/aromatic N) is 3. The number of benzene rings is 1. The van der Waals surface area contributed by atoms with Gasteiger partial charge in [-0.3, -0.25) is 14.8 Å². The maximum absolute atomic E-state index is 12.2. The molecule has 1 atom stereocenters. The van der Waals surface area contributed by atoms with Gasteiger partial charge in [0, 0.05) is 19.1 Å². The van der Waals surface area contributed by atoms with Gasteiger partial charge in [-0.2, -0.15) is 0 Å². The van der Waals surface area contributed by atoms with E-state index in [-0.39, 0.29) is 11.9 Å². The number of rotatable bonds is 6. The lowest BCUT2D eigenvalue weighted by Gasteiger charge is -2.33. The van der Waals surface area contributed by atoms with Crippen LogP contribution in [0.15, 0.2) is 29.4 Å². The molecule has 134 valence electrons. The van der Waals surface area contributed by atoms with Gasteiger partial charge in [0.15, 0.2) is 0 Å². The van der Waals surface area contributed by atoms with Gasteiger partial charge in [0.05, 0.1) is 5.75 Å². The van der Waals surface area contributed by atoms with E-state index in [4.69, 9.17) is 0 Å². The Bertz CT molecular complexity index is 721. The van der Waals surface area contributed by atoms with Crippen LogP contribution < -0.4 is 5.32 Å². The van der Waals surface area contributed by atoms with E-state index in [1.165, 1.54) is 11.8 Å². The Morgan fingerprint density at radius 3 is 3.16 bits per heavy atom. The summed E-state index contributed by atoms with van der Waals surface area (Å²) in [4.78, 5) is 18.6. The van der Waals surface area contributed by atoms with Gasteiger partial charge in [-0.25, -0.2) is 4.98 Å². The van der Waals surface area contributed by atoms with Gasteiger partial charge in [0.2, 0.25) is 11.1 Å². The number of piperidine rings is 1. The minimum Gasteiger partial charge on any atom is -0.508 e. The number of H-pyrrole nitrogens is 1. The molecule has 0 aliphatic carbocycles. The third-order valence-corrected chi connectivity index (χ3v) is 4.94. The van der Waals surface area contributed by atoms with Gasteiger partial charge in [0.1, 0.15) is 11.6 Å². The van der Waals surface area contributed by atoms with E-state index in [9.17, 15) is 9.90 Å². The van der Waals surface area contributed by atoms with Crippen molar-refractivity contribution < 1.29 is 9.90 Å². The summed E-state index contributed by atoms with van der Waals surface area (Å²) in [5.41, 5.74) is 1.09. The van der Waals surface area contributed by atoms with Crippen LogP contribution in [0.1, 0.15) is 24.2 Å². The second-order valence-electron chi connectivity index (χ2n) is 6.30. The Morgan fingerprint density at radius 2 is 2.40 bits per heavy atom. The van der Waals surface area contributed by atoms with Gasteiger partial charge in [0.25, 0.3) is 0 Å². The number of thioether (sulfide) groups is 1. The fourth-order valence-corrected chi connectivity index (χ4v) is 3.67. The maximum Gasteiger partial charge on any atom is 0.230 e. The lowest BCUT2D eigenvalue weighted by atomic mass is 10.0. The zero-order valence-electron chi connectivity index (χ0n) is 14.2. The van der Waals surface area contributed by atoms with E-state index in [0.717, 1.165) is 43.9 Å². The molecule has 3 N–H and O–H groups in total. The van der Waals surface area contributed by atoms with Crippen LogP contribution in [-0.2, 0) is 11.3 Å². The van der Waals surface area contributed by atoms with Crippen LogP contribution in [0.3, 0.4) is 0 Å². The highest BCUT2D eigenvalue weighted by atomic mass is 32.2. The maximum atomic E-state index is 12.2. The van der Waals surface area contributed by atoms with Crippen LogP contribution in [-0.4, -0.2) is 56.0 Å². The van der Waals surface area contributed by atoms with Crippen molar-refractivity contribution in [2.75, 3.05) is 18.8 Å². The van der Waals surface area contributed by atoms with E-state index >= 15 is 0 Å². The number of nitrogens with one attached hydrogen (secondary N) is 2. The molecule has 0 saturated carbocycles. The smallest absolute Gasteiger partial charge is 0.230 e. The van der Waals surface area contributed by atoms with E-state index in [0.29, 0.717) is 16.7 Å². The molecule has 1 fully saturated rings. The molecule has 0 radical (unpaired) electrons.